The van der Waals surface area contributed by atoms with Crippen LogP contribution in [0.1, 0.15) is 0 Å². The molecule has 0 aliphatic carbocycles. The van der Waals surface area contributed by atoms with E-state index in [9.17, 15) is 0 Å². The van der Waals surface area contributed by atoms with E-state index in [1.165, 1.54) is 86.9 Å². The molecule has 0 N–H and O–H groups in total. The molecule has 0 unspecified atom stereocenters. The Kier molecular flexibility index (Phi) is 7.25. The molecule has 0 fully saturated rings. The maximum absolute atomic E-state index is 2.43. The Morgan fingerprint density at radius 3 is 1.45 bits per heavy atom. The standard InChI is InChI=1S/C54H35N/c1-4-17-43-36(12-1)28-32-51-46(22-10-23-48(43)51)39-15-9-16-42(34-39)55(54-25-11-24-49-44-18-5-2-13-37(44)29-33-52(49)54)41-30-26-38(27-31-41)53-35-40-14-3-6-19-45(40)47-20-7-8-21-50(47)53/h1-35H. The first-order valence-corrected chi connectivity index (χ1v) is 19.0. The normalized spacial score (nSPS) is 11.6. The molecule has 11 aromatic rings. The first-order chi connectivity index (χ1) is 27.3. The van der Waals surface area contributed by atoms with Crippen molar-refractivity contribution in [2.45, 2.75) is 0 Å². The van der Waals surface area contributed by atoms with Crippen LogP contribution >= 0.6 is 0 Å². The number of hydrogen-bond donors (Lipinski definition) is 0. The third-order valence-electron chi connectivity index (χ3n) is 11.4. The van der Waals surface area contributed by atoms with Gasteiger partial charge in [0.2, 0.25) is 0 Å². The second-order valence-corrected chi connectivity index (χ2v) is 14.5. The molecule has 0 aromatic heterocycles. The highest BCUT2D eigenvalue weighted by molar-refractivity contribution is 6.15. The maximum atomic E-state index is 2.43. The van der Waals surface area contributed by atoms with Gasteiger partial charge in [-0.1, -0.05) is 176 Å². The summed E-state index contributed by atoms with van der Waals surface area (Å²) in [5, 5.41) is 15.1. The van der Waals surface area contributed by atoms with Gasteiger partial charge in [0.05, 0.1) is 5.69 Å². The lowest BCUT2D eigenvalue weighted by atomic mass is 9.93. The Hall–Kier alpha value is -7.22. The SMILES string of the molecule is c1cc(-c2cccc3c2ccc2ccccc23)cc(N(c2ccc(-c3cc4ccccc4c4ccccc34)cc2)c2cccc3c2ccc2ccccc23)c1. The molecule has 0 aliphatic heterocycles. The zero-order valence-corrected chi connectivity index (χ0v) is 30.2. The number of anilines is 3. The minimum absolute atomic E-state index is 1.11. The zero-order chi connectivity index (χ0) is 36.3. The van der Waals surface area contributed by atoms with Crippen molar-refractivity contribution in [3.8, 4) is 22.3 Å². The maximum Gasteiger partial charge on any atom is 0.0540 e. The van der Waals surface area contributed by atoms with Crippen LogP contribution < -0.4 is 4.90 Å². The minimum atomic E-state index is 1.11. The molecule has 0 radical (unpaired) electrons. The van der Waals surface area contributed by atoms with Crippen LogP contribution in [0.2, 0.25) is 0 Å². The summed E-state index contributed by atoms with van der Waals surface area (Å²) in [6.07, 6.45) is 0. The Morgan fingerprint density at radius 1 is 0.236 bits per heavy atom. The lowest BCUT2D eigenvalue weighted by Crippen LogP contribution is -2.10. The lowest BCUT2D eigenvalue weighted by molar-refractivity contribution is 1.30. The van der Waals surface area contributed by atoms with Gasteiger partial charge in [0.25, 0.3) is 0 Å². The minimum Gasteiger partial charge on any atom is -0.310 e. The van der Waals surface area contributed by atoms with Crippen molar-refractivity contribution in [1.82, 2.24) is 0 Å². The van der Waals surface area contributed by atoms with Crippen LogP contribution in [0.15, 0.2) is 212 Å². The average Bonchev–Trinajstić information content (AvgIpc) is 3.26. The Morgan fingerprint density at radius 2 is 0.745 bits per heavy atom. The van der Waals surface area contributed by atoms with E-state index in [1.807, 2.05) is 0 Å². The van der Waals surface area contributed by atoms with E-state index in [0.717, 1.165) is 17.1 Å². The predicted octanol–water partition coefficient (Wildman–Crippen LogP) is 15.4. The van der Waals surface area contributed by atoms with E-state index in [-0.39, 0.29) is 0 Å². The van der Waals surface area contributed by atoms with Crippen molar-refractivity contribution in [2.75, 3.05) is 4.90 Å². The van der Waals surface area contributed by atoms with Crippen LogP contribution in [0.25, 0.3) is 86.9 Å². The summed E-state index contributed by atoms with van der Waals surface area (Å²) in [6, 6.07) is 77.9. The molecule has 0 heterocycles. The van der Waals surface area contributed by atoms with Gasteiger partial charge in [0.15, 0.2) is 0 Å². The van der Waals surface area contributed by atoms with E-state index >= 15 is 0 Å². The fourth-order valence-electron chi connectivity index (χ4n) is 8.83. The molecule has 0 saturated carbocycles. The summed E-state index contributed by atoms with van der Waals surface area (Å²) >= 11 is 0. The molecule has 11 rings (SSSR count). The van der Waals surface area contributed by atoms with Gasteiger partial charge < -0.3 is 4.90 Å². The third kappa shape index (κ3) is 5.16. The number of hydrogen-bond acceptors (Lipinski definition) is 1. The largest absolute Gasteiger partial charge is 0.310 e. The molecule has 0 saturated heterocycles. The number of benzene rings is 11. The first-order valence-electron chi connectivity index (χ1n) is 19.0. The van der Waals surface area contributed by atoms with Crippen LogP contribution in [0.3, 0.4) is 0 Å². The molecular weight excluding hydrogens is 663 g/mol. The van der Waals surface area contributed by atoms with Crippen molar-refractivity contribution in [1.29, 1.82) is 0 Å². The van der Waals surface area contributed by atoms with Gasteiger partial charge in [-0.25, -0.2) is 0 Å². The number of fused-ring (bicyclic) bond motifs is 9. The highest BCUT2D eigenvalue weighted by Crippen LogP contribution is 2.44. The summed E-state index contributed by atoms with van der Waals surface area (Å²) < 4.78 is 0. The smallest absolute Gasteiger partial charge is 0.0540 e. The van der Waals surface area contributed by atoms with Gasteiger partial charge in [0, 0.05) is 16.8 Å². The average molecular weight is 698 g/mol. The molecule has 0 atom stereocenters. The van der Waals surface area contributed by atoms with Gasteiger partial charge in [0.1, 0.15) is 0 Å². The van der Waals surface area contributed by atoms with Crippen molar-refractivity contribution >= 4 is 81.7 Å². The summed E-state index contributed by atoms with van der Waals surface area (Å²) in [4.78, 5) is 2.43. The Labute approximate surface area is 320 Å². The molecular formula is C54H35N. The molecule has 1 nitrogen and oxygen atoms in total. The highest BCUT2D eigenvalue weighted by Gasteiger charge is 2.18. The zero-order valence-electron chi connectivity index (χ0n) is 30.2. The van der Waals surface area contributed by atoms with Crippen molar-refractivity contribution < 1.29 is 0 Å². The van der Waals surface area contributed by atoms with Crippen LogP contribution in [0, 0.1) is 0 Å². The lowest BCUT2D eigenvalue weighted by Gasteiger charge is -2.28. The number of rotatable bonds is 5. The van der Waals surface area contributed by atoms with Crippen molar-refractivity contribution in [3.05, 3.63) is 212 Å². The topological polar surface area (TPSA) is 3.24 Å². The van der Waals surface area contributed by atoms with Gasteiger partial charge in [-0.2, -0.15) is 0 Å². The van der Waals surface area contributed by atoms with Crippen LogP contribution in [-0.4, -0.2) is 0 Å². The molecule has 0 bridgehead atoms. The molecule has 1 heteroatoms. The molecule has 0 amide bonds. The van der Waals surface area contributed by atoms with Crippen LogP contribution in [-0.2, 0) is 0 Å². The number of nitrogens with zero attached hydrogens (tertiary/aromatic N) is 1. The van der Waals surface area contributed by atoms with Crippen molar-refractivity contribution in [2.24, 2.45) is 0 Å². The van der Waals surface area contributed by atoms with Crippen molar-refractivity contribution in [3.63, 3.8) is 0 Å². The van der Waals surface area contributed by atoms with E-state index in [0.29, 0.717) is 0 Å². The Bertz CT molecular complexity index is 3260. The van der Waals surface area contributed by atoms with E-state index in [4.69, 9.17) is 0 Å². The fraction of sp³-hybridized carbons (Fsp3) is 0. The van der Waals surface area contributed by atoms with E-state index in [1.54, 1.807) is 0 Å². The summed E-state index contributed by atoms with van der Waals surface area (Å²) in [6.45, 7) is 0. The van der Waals surface area contributed by atoms with Gasteiger partial charge in [-0.05, 0) is 118 Å². The highest BCUT2D eigenvalue weighted by atomic mass is 15.1. The summed E-state index contributed by atoms with van der Waals surface area (Å²) in [5.41, 5.74) is 8.23. The third-order valence-corrected chi connectivity index (χ3v) is 11.4. The fourth-order valence-corrected chi connectivity index (χ4v) is 8.83. The molecule has 55 heavy (non-hydrogen) atoms. The van der Waals surface area contributed by atoms with E-state index < -0.39 is 0 Å². The molecule has 0 aliphatic rings. The molecule has 11 aromatic carbocycles. The molecule has 0 spiro atoms. The summed E-state index contributed by atoms with van der Waals surface area (Å²) in [5.74, 6) is 0. The molecule has 256 valence electrons. The monoisotopic (exact) mass is 697 g/mol. The van der Waals surface area contributed by atoms with E-state index in [2.05, 4.69) is 217 Å². The van der Waals surface area contributed by atoms with Crippen LogP contribution in [0.4, 0.5) is 17.1 Å². The van der Waals surface area contributed by atoms with Gasteiger partial charge >= 0.3 is 0 Å². The second-order valence-electron chi connectivity index (χ2n) is 14.5. The Balaban J connectivity index is 1.11. The van der Waals surface area contributed by atoms with Gasteiger partial charge in [-0.15, -0.1) is 0 Å². The van der Waals surface area contributed by atoms with Gasteiger partial charge in [-0.3, -0.25) is 0 Å². The summed E-state index contributed by atoms with van der Waals surface area (Å²) in [7, 11) is 0. The second kappa shape index (κ2) is 12.7. The first kappa shape index (κ1) is 31.3. The van der Waals surface area contributed by atoms with Crippen LogP contribution in [0.5, 0.6) is 0 Å². The quantitative estimate of drug-likeness (QED) is 0.162. The predicted molar refractivity (Wildman–Crippen MR) is 237 cm³/mol.